The van der Waals surface area contributed by atoms with Crippen LogP contribution in [0.25, 0.3) is 0 Å². The van der Waals surface area contributed by atoms with Crippen molar-refractivity contribution < 1.29 is 0 Å². The summed E-state index contributed by atoms with van der Waals surface area (Å²) in [5, 5.41) is 7.05. The fourth-order valence-corrected chi connectivity index (χ4v) is 3.12. The van der Waals surface area contributed by atoms with Gasteiger partial charge in [0.2, 0.25) is 0 Å². The van der Waals surface area contributed by atoms with Crippen LogP contribution in [0.2, 0.25) is 0 Å². The Labute approximate surface area is 97.4 Å². The summed E-state index contributed by atoms with van der Waals surface area (Å²) >= 11 is 0. The van der Waals surface area contributed by atoms with E-state index in [9.17, 15) is 0 Å². The Balaban J connectivity index is 2.02. The zero-order valence-electron chi connectivity index (χ0n) is 9.97. The molecule has 0 radical (unpaired) electrons. The van der Waals surface area contributed by atoms with Gasteiger partial charge in [-0.15, -0.1) is 0 Å². The summed E-state index contributed by atoms with van der Waals surface area (Å²) in [5.74, 6) is 0. The van der Waals surface area contributed by atoms with Gasteiger partial charge in [-0.3, -0.25) is 0 Å². The van der Waals surface area contributed by atoms with E-state index in [2.05, 4.69) is 35.8 Å². The van der Waals surface area contributed by atoms with Crippen molar-refractivity contribution in [2.75, 3.05) is 25.0 Å². The SMILES string of the molecule is CCc1ccc2c(c1)C1(CCNCC1)CN2. The van der Waals surface area contributed by atoms with Gasteiger partial charge in [0.15, 0.2) is 0 Å². The summed E-state index contributed by atoms with van der Waals surface area (Å²) in [6.07, 6.45) is 3.70. The molecule has 0 aliphatic carbocycles. The molecule has 2 N–H and O–H groups in total. The molecule has 1 aromatic rings. The molecule has 1 spiro atoms. The Bertz CT molecular complexity index is 386. The number of piperidine rings is 1. The highest BCUT2D eigenvalue weighted by Gasteiger charge is 2.39. The van der Waals surface area contributed by atoms with E-state index in [0.717, 1.165) is 26.1 Å². The van der Waals surface area contributed by atoms with Crippen LogP contribution in [0.4, 0.5) is 5.69 Å². The zero-order valence-corrected chi connectivity index (χ0v) is 9.97. The molecule has 16 heavy (non-hydrogen) atoms. The van der Waals surface area contributed by atoms with E-state index >= 15 is 0 Å². The number of anilines is 1. The predicted molar refractivity (Wildman–Crippen MR) is 68.1 cm³/mol. The summed E-state index contributed by atoms with van der Waals surface area (Å²) in [6.45, 7) is 5.70. The van der Waals surface area contributed by atoms with E-state index in [4.69, 9.17) is 0 Å². The topological polar surface area (TPSA) is 24.1 Å². The first-order chi connectivity index (χ1) is 7.84. The minimum atomic E-state index is 0.422. The molecule has 0 amide bonds. The van der Waals surface area contributed by atoms with Crippen LogP contribution in [0.15, 0.2) is 18.2 Å². The van der Waals surface area contributed by atoms with E-state index in [1.165, 1.54) is 24.1 Å². The molecule has 2 aliphatic heterocycles. The molecule has 1 aromatic carbocycles. The third-order valence-electron chi connectivity index (χ3n) is 4.24. The predicted octanol–water partition coefficient (Wildman–Crippen LogP) is 2.30. The van der Waals surface area contributed by atoms with Gasteiger partial charge in [-0.1, -0.05) is 19.1 Å². The van der Waals surface area contributed by atoms with Gasteiger partial charge >= 0.3 is 0 Å². The summed E-state index contributed by atoms with van der Waals surface area (Å²) < 4.78 is 0. The third kappa shape index (κ3) is 1.44. The third-order valence-corrected chi connectivity index (χ3v) is 4.24. The smallest absolute Gasteiger partial charge is 0.0379 e. The monoisotopic (exact) mass is 216 g/mol. The van der Waals surface area contributed by atoms with Crippen LogP contribution in [0.1, 0.15) is 30.9 Å². The molecule has 3 rings (SSSR count). The molecule has 0 atom stereocenters. The highest BCUT2D eigenvalue weighted by molar-refractivity contribution is 5.61. The van der Waals surface area contributed by atoms with E-state index in [0.29, 0.717) is 5.41 Å². The van der Waals surface area contributed by atoms with Gasteiger partial charge in [-0.25, -0.2) is 0 Å². The number of rotatable bonds is 1. The molecule has 86 valence electrons. The van der Waals surface area contributed by atoms with Gasteiger partial charge in [0.1, 0.15) is 0 Å². The lowest BCUT2D eigenvalue weighted by Gasteiger charge is -2.34. The second-order valence-corrected chi connectivity index (χ2v) is 5.12. The second kappa shape index (κ2) is 3.77. The molecule has 2 nitrogen and oxygen atoms in total. The summed E-state index contributed by atoms with van der Waals surface area (Å²) in [7, 11) is 0. The lowest BCUT2D eigenvalue weighted by Crippen LogP contribution is -2.41. The largest absolute Gasteiger partial charge is 0.384 e. The van der Waals surface area contributed by atoms with Crippen molar-refractivity contribution in [3.8, 4) is 0 Å². The molecule has 0 unspecified atom stereocenters. The number of fused-ring (bicyclic) bond motifs is 2. The summed E-state index contributed by atoms with van der Waals surface area (Å²) in [6, 6.07) is 6.96. The first-order valence-corrected chi connectivity index (χ1v) is 6.42. The molecule has 0 bridgehead atoms. The number of hydrogen-bond donors (Lipinski definition) is 2. The van der Waals surface area contributed by atoms with Crippen molar-refractivity contribution >= 4 is 5.69 Å². The maximum Gasteiger partial charge on any atom is 0.0379 e. The fourth-order valence-electron chi connectivity index (χ4n) is 3.12. The van der Waals surface area contributed by atoms with E-state index in [-0.39, 0.29) is 0 Å². The number of aryl methyl sites for hydroxylation is 1. The lowest BCUT2D eigenvalue weighted by atomic mass is 9.74. The quantitative estimate of drug-likeness (QED) is 0.752. The lowest BCUT2D eigenvalue weighted by molar-refractivity contribution is 0.335. The number of hydrogen-bond acceptors (Lipinski definition) is 2. The molecule has 2 heterocycles. The first kappa shape index (κ1) is 10.2. The van der Waals surface area contributed by atoms with Gasteiger partial charge in [-0.2, -0.15) is 0 Å². The normalized spacial score (nSPS) is 21.8. The maximum absolute atomic E-state index is 3.58. The van der Waals surface area contributed by atoms with Crippen molar-refractivity contribution in [1.82, 2.24) is 5.32 Å². The van der Waals surface area contributed by atoms with Crippen LogP contribution in [0, 0.1) is 0 Å². The van der Waals surface area contributed by atoms with Crippen molar-refractivity contribution in [2.24, 2.45) is 0 Å². The highest BCUT2D eigenvalue weighted by atomic mass is 15.0. The minimum absolute atomic E-state index is 0.422. The Morgan fingerprint density at radius 3 is 2.81 bits per heavy atom. The molecule has 0 aromatic heterocycles. The molecule has 1 fully saturated rings. The molecule has 1 saturated heterocycles. The van der Waals surface area contributed by atoms with Gasteiger partial charge < -0.3 is 10.6 Å². The average molecular weight is 216 g/mol. The van der Waals surface area contributed by atoms with Crippen LogP contribution in [-0.4, -0.2) is 19.6 Å². The van der Waals surface area contributed by atoms with Gasteiger partial charge in [0.25, 0.3) is 0 Å². The van der Waals surface area contributed by atoms with Gasteiger partial charge in [0, 0.05) is 17.6 Å². The van der Waals surface area contributed by atoms with E-state index in [1.54, 1.807) is 5.56 Å². The minimum Gasteiger partial charge on any atom is -0.384 e. The van der Waals surface area contributed by atoms with Crippen molar-refractivity contribution in [3.05, 3.63) is 29.3 Å². The Hall–Kier alpha value is -1.02. The van der Waals surface area contributed by atoms with Crippen LogP contribution in [0.5, 0.6) is 0 Å². The van der Waals surface area contributed by atoms with Crippen molar-refractivity contribution in [1.29, 1.82) is 0 Å². The Kier molecular flexibility index (Phi) is 2.40. The van der Waals surface area contributed by atoms with Crippen LogP contribution < -0.4 is 10.6 Å². The summed E-state index contributed by atoms with van der Waals surface area (Å²) in [5.41, 5.74) is 4.85. The molecule has 2 aliphatic rings. The van der Waals surface area contributed by atoms with Crippen LogP contribution in [-0.2, 0) is 11.8 Å². The highest BCUT2D eigenvalue weighted by Crippen LogP contribution is 2.43. The van der Waals surface area contributed by atoms with Gasteiger partial charge in [0.05, 0.1) is 0 Å². The Morgan fingerprint density at radius 1 is 1.25 bits per heavy atom. The molecule has 0 saturated carbocycles. The molecule has 2 heteroatoms. The second-order valence-electron chi connectivity index (χ2n) is 5.12. The van der Waals surface area contributed by atoms with E-state index in [1.807, 2.05) is 0 Å². The standard InChI is InChI=1S/C14H20N2/c1-2-11-3-4-13-12(9-11)14(10-16-13)5-7-15-8-6-14/h3-4,9,15-16H,2,5-8,10H2,1H3. The zero-order chi connectivity index (χ0) is 11.0. The maximum atomic E-state index is 3.58. The molecular weight excluding hydrogens is 196 g/mol. The van der Waals surface area contributed by atoms with Crippen molar-refractivity contribution in [2.45, 2.75) is 31.6 Å². The van der Waals surface area contributed by atoms with Gasteiger partial charge in [-0.05, 0) is 49.5 Å². The molecular formula is C14H20N2. The summed E-state index contributed by atoms with van der Waals surface area (Å²) in [4.78, 5) is 0. The fraction of sp³-hybridized carbons (Fsp3) is 0.571. The van der Waals surface area contributed by atoms with Crippen molar-refractivity contribution in [3.63, 3.8) is 0 Å². The average Bonchev–Trinajstić information content (AvgIpc) is 2.69. The first-order valence-electron chi connectivity index (χ1n) is 6.42. The Morgan fingerprint density at radius 2 is 2.06 bits per heavy atom. The van der Waals surface area contributed by atoms with E-state index < -0.39 is 0 Å². The number of nitrogens with one attached hydrogen (secondary N) is 2. The van der Waals surface area contributed by atoms with Crippen LogP contribution >= 0.6 is 0 Å². The number of benzene rings is 1. The van der Waals surface area contributed by atoms with Crippen LogP contribution in [0.3, 0.4) is 0 Å².